The minimum atomic E-state index is -0.585. The van der Waals surface area contributed by atoms with Crippen LogP contribution < -0.4 is 20.7 Å². The molecule has 0 bridgehead atoms. The van der Waals surface area contributed by atoms with Gasteiger partial charge in [0.1, 0.15) is 11.9 Å². The van der Waals surface area contributed by atoms with E-state index in [9.17, 15) is 14.7 Å². The molecular formula is C22H28N4O5. The molecule has 0 radical (unpaired) electrons. The fraction of sp³-hybridized carbons (Fsp3) is 0.409. The molecule has 3 amide bonds. The molecule has 1 aromatic heterocycles. The van der Waals surface area contributed by atoms with Gasteiger partial charge in [0.25, 0.3) is 0 Å². The molecule has 2 aromatic rings. The molecule has 4 N–H and O–H groups in total. The van der Waals surface area contributed by atoms with Gasteiger partial charge in [-0.15, -0.1) is 0 Å². The van der Waals surface area contributed by atoms with E-state index >= 15 is 0 Å². The van der Waals surface area contributed by atoms with Crippen molar-refractivity contribution >= 4 is 17.6 Å². The highest BCUT2D eigenvalue weighted by Crippen LogP contribution is 2.22. The predicted molar refractivity (Wildman–Crippen MR) is 115 cm³/mol. The molecule has 0 spiro atoms. The smallest absolute Gasteiger partial charge is 0.319 e. The molecule has 3 atom stereocenters. The second-order valence-corrected chi connectivity index (χ2v) is 7.30. The standard InChI is InChI=1S/C22H28N4O5/c1-30-17-7-4-6-15(11-17)25-22(29)26-19-9-8-18(31-20(19)14-27)12-21(28)24-13-16-5-2-3-10-23-16/h2-7,10-11,18-20,27H,8-9,12-14H2,1H3,(H,24,28)(H2,25,26,29)/t18-,19+,20-/m0/s1. The lowest BCUT2D eigenvalue weighted by Gasteiger charge is -2.35. The highest BCUT2D eigenvalue weighted by Gasteiger charge is 2.32. The third-order valence-electron chi connectivity index (χ3n) is 5.05. The lowest BCUT2D eigenvalue weighted by atomic mass is 9.97. The first kappa shape index (κ1) is 22.5. The fourth-order valence-electron chi connectivity index (χ4n) is 3.45. The van der Waals surface area contributed by atoms with Crippen molar-refractivity contribution < 1.29 is 24.2 Å². The maximum Gasteiger partial charge on any atom is 0.319 e. The molecule has 0 aliphatic carbocycles. The number of urea groups is 1. The van der Waals surface area contributed by atoms with Crippen LogP contribution in [0.2, 0.25) is 0 Å². The summed E-state index contributed by atoms with van der Waals surface area (Å²) >= 11 is 0. The monoisotopic (exact) mass is 428 g/mol. The maximum atomic E-state index is 12.4. The summed E-state index contributed by atoms with van der Waals surface area (Å²) in [6.45, 7) is 0.0978. The Bertz CT molecular complexity index is 864. The topological polar surface area (TPSA) is 122 Å². The molecule has 0 saturated carbocycles. The Morgan fingerprint density at radius 3 is 2.84 bits per heavy atom. The second-order valence-electron chi connectivity index (χ2n) is 7.30. The zero-order chi connectivity index (χ0) is 22.1. The first-order valence-electron chi connectivity index (χ1n) is 10.2. The maximum absolute atomic E-state index is 12.4. The van der Waals surface area contributed by atoms with Gasteiger partial charge in [-0.3, -0.25) is 9.78 Å². The van der Waals surface area contributed by atoms with E-state index in [1.807, 2.05) is 18.2 Å². The Balaban J connectivity index is 1.45. The summed E-state index contributed by atoms with van der Waals surface area (Å²) in [6, 6.07) is 11.8. The molecular weight excluding hydrogens is 400 g/mol. The molecule has 3 rings (SSSR count). The molecule has 1 fully saturated rings. The summed E-state index contributed by atoms with van der Waals surface area (Å²) in [5, 5.41) is 18.1. The number of hydrogen-bond acceptors (Lipinski definition) is 6. The van der Waals surface area contributed by atoms with Crippen molar-refractivity contribution in [1.29, 1.82) is 0 Å². The molecule has 9 nitrogen and oxygen atoms in total. The third-order valence-corrected chi connectivity index (χ3v) is 5.05. The van der Waals surface area contributed by atoms with Crippen LogP contribution in [-0.4, -0.2) is 54.0 Å². The van der Waals surface area contributed by atoms with Crippen LogP contribution in [0.1, 0.15) is 25.0 Å². The second kappa shape index (κ2) is 11.3. The Kier molecular flexibility index (Phi) is 8.19. The zero-order valence-electron chi connectivity index (χ0n) is 17.4. The lowest BCUT2D eigenvalue weighted by molar-refractivity contribution is -0.130. The third kappa shape index (κ3) is 6.94. The van der Waals surface area contributed by atoms with Crippen molar-refractivity contribution in [2.24, 2.45) is 0 Å². The predicted octanol–water partition coefficient (Wildman–Crippen LogP) is 1.83. The van der Waals surface area contributed by atoms with Gasteiger partial charge in [-0.25, -0.2) is 4.79 Å². The average molecular weight is 428 g/mol. The van der Waals surface area contributed by atoms with E-state index in [1.165, 1.54) is 0 Å². The number of pyridine rings is 1. The van der Waals surface area contributed by atoms with E-state index in [0.29, 0.717) is 30.8 Å². The van der Waals surface area contributed by atoms with Crippen molar-refractivity contribution in [3.8, 4) is 5.75 Å². The molecule has 1 aliphatic heterocycles. The number of benzene rings is 1. The van der Waals surface area contributed by atoms with Gasteiger partial charge in [0, 0.05) is 18.0 Å². The highest BCUT2D eigenvalue weighted by molar-refractivity contribution is 5.89. The molecule has 1 aromatic carbocycles. The molecule has 1 saturated heterocycles. The van der Waals surface area contributed by atoms with Gasteiger partial charge in [-0.1, -0.05) is 12.1 Å². The van der Waals surface area contributed by atoms with Gasteiger partial charge < -0.3 is 30.5 Å². The molecule has 1 aliphatic rings. The van der Waals surface area contributed by atoms with Crippen LogP contribution in [0.4, 0.5) is 10.5 Å². The molecule has 9 heteroatoms. The highest BCUT2D eigenvalue weighted by atomic mass is 16.5. The van der Waals surface area contributed by atoms with Crippen molar-refractivity contribution in [1.82, 2.24) is 15.6 Å². The summed E-state index contributed by atoms with van der Waals surface area (Å²) in [6.07, 6.45) is 2.15. The number of methoxy groups -OCH3 is 1. The Morgan fingerprint density at radius 1 is 1.23 bits per heavy atom. The number of hydrogen-bond donors (Lipinski definition) is 4. The van der Waals surface area contributed by atoms with Gasteiger partial charge in [-0.05, 0) is 37.1 Å². The van der Waals surface area contributed by atoms with Gasteiger partial charge in [-0.2, -0.15) is 0 Å². The van der Waals surface area contributed by atoms with E-state index in [-0.39, 0.29) is 31.1 Å². The van der Waals surface area contributed by atoms with Crippen LogP contribution in [-0.2, 0) is 16.1 Å². The summed E-state index contributed by atoms with van der Waals surface area (Å²) in [5.74, 6) is 0.491. The molecule has 31 heavy (non-hydrogen) atoms. The average Bonchev–Trinajstić information content (AvgIpc) is 2.79. The van der Waals surface area contributed by atoms with Gasteiger partial charge in [0.2, 0.25) is 5.91 Å². The minimum absolute atomic E-state index is 0.144. The summed E-state index contributed by atoms with van der Waals surface area (Å²) in [7, 11) is 1.56. The number of nitrogens with one attached hydrogen (secondary N) is 3. The van der Waals surface area contributed by atoms with E-state index < -0.39 is 12.1 Å². The first-order chi connectivity index (χ1) is 15.1. The molecule has 2 heterocycles. The van der Waals surface area contributed by atoms with E-state index in [4.69, 9.17) is 9.47 Å². The number of aromatic nitrogens is 1. The number of rotatable bonds is 8. The van der Waals surface area contributed by atoms with Crippen molar-refractivity contribution in [2.45, 2.75) is 44.1 Å². The van der Waals surface area contributed by atoms with E-state index in [2.05, 4.69) is 20.9 Å². The number of nitrogens with zero attached hydrogens (tertiary/aromatic N) is 1. The number of amides is 3. The largest absolute Gasteiger partial charge is 0.497 e. The normalized spacial score (nSPS) is 20.5. The summed E-state index contributed by atoms with van der Waals surface area (Å²) in [4.78, 5) is 28.7. The number of anilines is 1. The van der Waals surface area contributed by atoms with Crippen LogP contribution in [0.3, 0.4) is 0 Å². The van der Waals surface area contributed by atoms with Crippen LogP contribution in [0.25, 0.3) is 0 Å². The summed E-state index contributed by atoms with van der Waals surface area (Å²) < 4.78 is 11.0. The van der Waals surface area contributed by atoms with Gasteiger partial charge >= 0.3 is 6.03 Å². The van der Waals surface area contributed by atoms with Crippen molar-refractivity contribution in [3.05, 3.63) is 54.4 Å². The van der Waals surface area contributed by atoms with Crippen LogP contribution in [0.5, 0.6) is 5.75 Å². The van der Waals surface area contributed by atoms with Crippen molar-refractivity contribution in [3.63, 3.8) is 0 Å². The van der Waals surface area contributed by atoms with Crippen LogP contribution in [0, 0.1) is 0 Å². The van der Waals surface area contributed by atoms with E-state index in [0.717, 1.165) is 5.69 Å². The number of aliphatic hydroxyl groups is 1. The first-order valence-corrected chi connectivity index (χ1v) is 10.2. The van der Waals surface area contributed by atoms with Gasteiger partial charge in [0.05, 0.1) is 44.5 Å². The molecule has 166 valence electrons. The van der Waals surface area contributed by atoms with Crippen LogP contribution in [0.15, 0.2) is 48.7 Å². The molecule has 0 unspecified atom stereocenters. The quantitative estimate of drug-likeness (QED) is 0.509. The lowest BCUT2D eigenvalue weighted by Crippen LogP contribution is -2.52. The number of aliphatic hydroxyl groups excluding tert-OH is 1. The fourth-order valence-corrected chi connectivity index (χ4v) is 3.45. The Morgan fingerprint density at radius 2 is 2.10 bits per heavy atom. The number of carbonyl (C=O) groups excluding carboxylic acids is 2. The van der Waals surface area contributed by atoms with Gasteiger partial charge in [0.15, 0.2) is 0 Å². The Labute approximate surface area is 181 Å². The Hall–Kier alpha value is -3.17. The minimum Gasteiger partial charge on any atom is -0.497 e. The zero-order valence-corrected chi connectivity index (χ0v) is 17.4. The van der Waals surface area contributed by atoms with Crippen molar-refractivity contribution in [2.75, 3.05) is 19.0 Å². The van der Waals surface area contributed by atoms with E-state index in [1.54, 1.807) is 37.6 Å². The summed E-state index contributed by atoms with van der Waals surface area (Å²) in [5.41, 5.74) is 1.37. The van der Waals surface area contributed by atoms with Crippen LogP contribution >= 0.6 is 0 Å². The SMILES string of the molecule is COc1cccc(NC(=O)N[C@@H]2CC[C@@H](CC(=O)NCc3ccccn3)O[C@H]2CO)c1. The number of carbonyl (C=O) groups is 2. The number of ether oxygens (including phenoxy) is 2.